The van der Waals surface area contributed by atoms with Gasteiger partial charge in [-0.3, -0.25) is 18.9 Å². The number of amides is 1. The van der Waals surface area contributed by atoms with Crippen molar-refractivity contribution in [1.29, 1.82) is 0 Å². The predicted octanol–water partition coefficient (Wildman–Crippen LogP) is 4.30. The quantitative estimate of drug-likeness (QED) is 0.381. The summed E-state index contributed by atoms with van der Waals surface area (Å²) in [5.74, 6) is -0.0838. The number of benzene rings is 3. The lowest BCUT2D eigenvalue weighted by molar-refractivity contribution is 0.0950. The van der Waals surface area contributed by atoms with E-state index in [-0.39, 0.29) is 32.8 Å². The third-order valence-corrected chi connectivity index (χ3v) is 7.53. The van der Waals surface area contributed by atoms with Gasteiger partial charge in [0.2, 0.25) is 0 Å². The third kappa shape index (κ3) is 5.21. The molecule has 0 aliphatic rings. The van der Waals surface area contributed by atoms with Gasteiger partial charge in [-0.15, -0.1) is 0 Å². The number of nitrogens with one attached hydrogen (secondary N) is 2. The van der Waals surface area contributed by atoms with Crippen LogP contribution in [0.4, 0.5) is 5.69 Å². The molecule has 4 aromatic rings. The number of anilines is 1. The van der Waals surface area contributed by atoms with Crippen LogP contribution in [-0.2, 0) is 16.6 Å². The van der Waals surface area contributed by atoms with E-state index in [1.54, 1.807) is 34.9 Å². The lowest BCUT2D eigenvalue weighted by Gasteiger charge is -2.14. The fourth-order valence-corrected chi connectivity index (χ4v) is 5.61. The Balaban J connectivity index is 1.62. The van der Waals surface area contributed by atoms with Gasteiger partial charge in [-0.2, -0.15) is 0 Å². The predicted molar refractivity (Wildman–Crippen MR) is 136 cm³/mol. The number of sulfonamides is 1. The second-order valence-electron chi connectivity index (χ2n) is 8.32. The Hall–Kier alpha value is -3.43. The van der Waals surface area contributed by atoms with Gasteiger partial charge in [0.1, 0.15) is 0 Å². The molecule has 0 unspecified atom stereocenters. The zero-order valence-corrected chi connectivity index (χ0v) is 20.4. The summed E-state index contributed by atoms with van der Waals surface area (Å²) in [7, 11) is -3.99. The number of aromatic nitrogens is 1. The van der Waals surface area contributed by atoms with Crippen molar-refractivity contribution in [3.63, 3.8) is 0 Å². The molecule has 176 valence electrons. The summed E-state index contributed by atoms with van der Waals surface area (Å²) >= 11 is 1.00. The average molecular weight is 496 g/mol. The minimum absolute atomic E-state index is 0.0190. The smallest absolute Gasteiger partial charge is 0.308 e. The van der Waals surface area contributed by atoms with E-state index in [9.17, 15) is 18.0 Å². The molecule has 0 atom stereocenters. The Bertz CT molecular complexity index is 1490. The Labute approximate surface area is 202 Å². The Morgan fingerprint density at radius 1 is 1.00 bits per heavy atom. The molecule has 3 aromatic carbocycles. The Kier molecular flexibility index (Phi) is 6.85. The van der Waals surface area contributed by atoms with E-state index in [0.717, 1.165) is 16.9 Å². The zero-order chi connectivity index (χ0) is 24.3. The molecule has 7 nitrogen and oxygen atoms in total. The van der Waals surface area contributed by atoms with Crippen molar-refractivity contribution >= 4 is 43.2 Å². The van der Waals surface area contributed by atoms with E-state index in [1.807, 2.05) is 44.2 Å². The number of nitrogens with zero attached hydrogens (tertiary/aromatic N) is 1. The van der Waals surface area contributed by atoms with Gasteiger partial charge >= 0.3 is 4.87 Å². The molecule has 1 amide bonds. The highest BCUT2D eigenvalue weighted by Gasteiger charge is 2.20. The number of fused-ring (bicyclic) bond motifs is 1. The van der Waals surface area contributed by atoms with Gasteiger partial charge in [-0.1, -0.05) is 67.6 Å². The Morgan fingerprint density at radius 3 is 2.44 bits per heavy atom. The van der Waals surface area contributed by atoms with E-state index < -0.39 is 10.0 Å². The lowest BCUT2D eigenvalue weighted by atomic mass is 10.1. The zero-order valence-electron chi connectivity index (χ0n) is 18.8. The van der Waals surface area contributed by atoms with Crippen LogP contribution in [0.3, 0.4) is 0 Å². The van der Waals surface area contributed by atoms with Gasteiger partial charge in [0, 0.05) is 6.54 Å². The minimum Gasteiger partial charge on any atom is -0.352 e. The molecule has 1 heterocycles. The highest BCUT2D eigenvalue weighted by atomic mass is 32.2. The molecule has 0 radical (unpaired) electrons. The van der Waals surface area contributed by atoms with Crippen LogP contribution in [-0.4, -0.2) is 25.4 Å². The molecular weight excluding hydrogens is 470 g/mol. The molecule has 0 aliphatic heterocycles. The average Bonchev–Trinajstić information content (AvgIpc) is 3.12. The van der Waals surface area contributed by atoms with Gasteiger partial charge in [0.15, 0.2) is 0 Å². The first-order valence-electron chi connectivity index (χ1n) is 10.8. The summed E-state index contributed by atoms with van der Waals surface area (Å²) < 4.78 is 31.0. The first-order valence-corrected chi connectivity index (χ1v) is 13.1. The van der Waals surface area contributed by atoms with Crippen LogP contribution in [0.5, 0.6) is 0 Å². The van der Waals surface area contributed by atoms with Crippen molar-refractivity contribution in [2.75, 3.05) is 11.3 Å². The maximum Gasteiger partial charge on any atom is 0.308 e. The van der Waals surface area contributed by atoms with Crippen LogP contribution < -0.4 is 14.9 Å². The van der Waals surface area contributed by atoms with Crippen LogP contribution in [0, 0.1) is 5.92 Å². The molecule has 0 saturated heterocycles. The monoisotopic (exact) mass is 495 g/mol. The van der Waals surface area contributed by atoms with Crippen LogP contribution in [0.25, 0.3) is 10.2 Å². The van der Waals surface area contributed by atoms with E-state index in [4.69, 9.17) is 0 Å². The standard InChI is InChI=1S/C25H25N3O4S2/c1-17(2)15-26-24(29)20-10-6-7-11-21(20)27-34(31,32)19-12-13-22-23(14-19)33-25(30)28(22)16-18-8-4-3-5-9-18/h3-14,17,27H,15-16H2,1-2H3,(H,26,29). The molecule has 34 heavy (non-hydrogen) atoms. The number of rotatable bonds is 8. The molecule has 4 rings (SSSR count). The highest BCUT2D eigenvalue weighted by molar-refractivity contribution is 7.92. The second kappa shape index (κ2) is 9.82. The molecule has 9 heteroatoms. The number of thiazole rings is 1. The first-order chi connectivity index (χ1) is 16.2. The maximum atomic E-state index is 13.1. The van der Waals surface area contributed by atoms with E-state index in [1.165, 1.54) is 12.1 Å². The van der Waals surface area contributed by atoms with E-state index in [0.29, 0.717) is 23.3 Å². The summed E-state index contributed by atoms with van der Waals surface area (Å²) in [6.07, 6.45) is 0. The van der Waals surface area contributed by atoms with Crippen LogP contribution in [0.2, 0.25) is 0 Å². The molecule has 0 aliphatic carbocycles. The molecule has 0 saturated carbocycles. The fourth-order valence-electron chi connectivity index (χ4n) is 3.50. The largest absolute Gasteiger partial charge is 0.352 e. The van der Waals surface area contributed by atoms with E-state index in [2.05, 4.69) is 10.0 Å². The molecular formula is C25H25N3O4S2. The minimum atomic E-state index is -3.99. The van der Waals surface area contributed by atoms with Crippen LogP contribution >= 0.6 is 11.3 Å². The fraction of sp³-hybridized carbons (Fsp3) is 0.200. The van der Waals surface area contributed by atoms with Crippen LogP contribution in [0.15, 0.2) is 82.5 Å². The van der Waals surface area contributed by atoms with Gasteiger partial charge in [0.05, 0.1) is 32.9 Å². The summed E-state index contributed by atoms with van der Waals surface area (Å²) in [6.45, 7) is 4.84. The maximum absolute atomic E-state index is 13.1. The number of para-hydroxylation sites is 1. The molecule has 2 N–H and O–H groups in total. The summed E-state index contributed by atoms with van der Waals surface area (Å²) in [6, 6.07) is 20.7. The van der Waals surface area contributed by atoms with Gasteiger partial charge in [-0.05, 0) is 41.8 Å². The summed E-state index contributed by atoms with van der Waals surface area (Å²) in [4.78, 5) is 25.0. The highest BCUT2D eigenvalue weighted by Crippen LogP contribution is 2.25. The SMILES string of the molecule is CC(C)CNC(=O)c1ccccc1NS(=O)(=O)c1ccc2c(c1)sc(=O)n2Cc1ccccc1. The number of hydrogen-bond acceptors (Lipinski definition) is 5. The number of carbonyl (C=O) groups is 1. The summed E-state index contributed by atoms with van der Waals surface area (Å²) in [5.41, 5.74) is 2.09. The topological polar surface area (TPSA) is 97.3 Å². The molecule has 0 bridgehead atoms. The third-order valence-electron chi connectivity index (χ3n) is 5.22. The van der Waals surface area contributed by atoms with Crippen molar-refractivity contribution in [3.8, 4) is 0 Å². The summed E-state index contributed by atoms with van der Waals surface area (Å²) in [5, 5.41) is 2.81. The van der Waals surface area contributed by atoms with Crippen LogP contribution in [0.1, 0.15) is 29.8 Å². The van der Waals surface area contributed by atoms with E-state index >= 15 is 0 Å². The second-order valence-corrected chi connectivity index (χ2v) is 11.0. The van der Waals surface area contributed by atoms with Crippen molar-refractivity contribution in [2.24, 2.45) is 5.92 Å². The first kappa shape index (κ1) is 23.7. The van der Waals surface area contributed by atoms with Gasteiger partial charge < -0.3 is 5.32 Å². The van der Waals surface area contributed by atoms with Crippen molar-refractivity contribution in [2.45, 2.75) is 25.3 Å². The van der Waals surface area contributed by atoms with Gasteiger partial charge in [0.25, 0.3) is 15.9 Å². The molecule has 0 fully saturated rings. The van der Waals surface area contributed by atoms with Crippen molar-refractivity contribution in [1.82, 2.24) is 9.88 Å². The number of hydrogen-bond donors (Lipinski definition) is 2. The van der Waals surface area contributed by atoms with Crippen molar-refractivity contribution in [3.05, 3.63) is 93.6 Å². The molecule has 0 spiro atoms. The molecule has 1 aromatic heterocycles. The van der Waals surface area contributed by atoms with Crippen molar-refractivity contribution < 1.29 is 13.2 Å². The number of carbonyl (C=O) groups excluding carboxylic acids is 1. The van der Waals surface area contributed by atoms with Gasteiger partial charge in [-0.25, -0.2) is 8.42 Å². The lowest BCUT2D eigenvalue weighted by Crippen LogP contribution is -2.28. The Morgan fingerprint density at radius 2 is 1.71 bits per heavy atom. The normalized spacial score (nSPS) is 11.6.